The number of nitrogens with zero attached hydrogens (tertiary/aromatic N) is 4. The summed E-state index contributed by atoms with van der Waals surface area (Å²) in [5.41, 5.74) is 13.4. The third-order valence-corrected chi connectivity index (χ3v) is 9.24. The van der Waals surface area contributed by atoms with Gasteiger partial charge in [0.1, 0.15) is 5.65 Å². The molecule has 4 aromatic carbocycles. The van der Waals surface area contributed by atoms with Crippen molar-refractivity contribution in [3.63, 3.8) is 0 Å². The second kappa shape index (κ2) is 9.40. The lowest BCUT2D eigenvalue weighted by atomic mass is 9.98. The fourth-order valence-corrected chi connectivity index (χ4v) is 7.40. The van der Waals surface area contributed by atoms with Gasteiger partial charge in [0.05, 0.1) is 29.0 Å². The molecular formula is C39H30N4. The Labute approximate surface area is 250 Å². The summed E-state index contributed by atoms with van der Waals surface area (Å²) in [7, 11) is 0. The van der Waals surface area contributed by atoms with Crippen molar-refractivity contribution >= 4 is 57.1 Å². The van der Waals surface area contributed by atoms with E-state index in [0.717, 1.165) is 31.3 Å². The first-order valence-electron chi connectivity index (χ1n) is 15.2. The van der Waals surface area contributed by atoms with Crippen LogP contribution in [0.5, 0.6) is 0 Å². The molecule has 0 saturated heterocycles. The van der Waals surface area contributed by atoms with Crippen molar-refractivity contribution < 1.29 is 0 Å². The summed E-state index contributed by atoms with van der Waals surface area (Å²) in [6.07, 6.45) is 13.3. The van der Waals surface area contributed by atoms with Gasteiger partial charge in [0.25, 0.3) is 0 Å². The average molecular weight is 555 g/mol. The van der Waals surface area contributed by atoms with E-state index in [4.69, 9.17) is 4.98 Å². The lowest BCUT2D eigenvalue weighted by molar-refractivity contribution is 0.943. The van der Waals surface area contributed by atoms with Gasteiger partial charge in [-0.2, -0.15) is 0 Å². The number of hydrogen-bond acceptors (Lipinski definition) is 2. The Balaban J connectivity index is 1.42. The number of fused-ring (bicyclic) bond motifs is 12. The van der Waals surface area contributed by atoms with Gasteiger partial charge in [-0.1, -0.05) is 72.8 Å². The molecule has 3 heterocycles. The quantitative estimate of drug-likeness (QED) is 0.158. The van der Waals surface area contributed by atoms with E-state index in [9.17, 15) is 0 Å². The number of allylic oxidation sites excluding steroid dienone is 2. The van der Waals surface area contributed by atoms with Gasteiger partial charge < -0.3 is 4.57 Å². The first-order valence-corrected chi connectivity index (χ1v) is 15.2. The highest BCUT2D eigenvalue weighted by atomic mass is 15.0. The first kappa shape index (κ1) is 24.4. The molecule has 0 amide bonds. The molecule has 0 aliphatic heterocycles. The van der Waals surface area contributed by atoms with Gasteiger partial charge in [0.2, 0.25) is 0 Å². The number of hydrogen-bond donors (Lipinski definition) is 0. The number of aliphatic imine (C=N–C) groups is 1. The SMILES string of the molecule is C=NCc1cccc(-c2cccc(-n3c4c(c5ccc6c(c7ccccc7c7nc8c(n67)C=CCC8)c53)CCC=C4)c2)c1. The number of benzene rings is 4. The minimum atomic E-state index is 0.620. The third kappa shape index (κ3) is 3.56. The zero-order valence-corrected chi connectivity index (χ0v) is 23.9. The topological polar surface area (TPSA) is 34.6 Å². The lowest BCUT2D eigenvalue weighted by Gasteiger charge is -2.16. The smallest absolute Gasteiger partial charge is 0.145 e. The number of rotatable bonds is 4. The van der Waals surface area contributed by atoms with Crippen LogP contribution in [0.1, 0.15) is 41.1 Å². The number of aromatic nitrogens is 3. The van der Waals surface area contributed by atoms with Gasteiger partial charge in [0.15, 0.2) is 0 Å². The molecule has 0 saturated carbocycles. The maximum absolute atomic E-state index is 5.21. The summed E-state index contributed by atoms with van der Waals surface area (Å²) in [5, 5.41) is 5.08. The fraction of sp³-hybridized carbons (Fsp3) is 0.128. The highest BCUT2D eigenvalue weighted by molar-refractivity contribution is 6.22. The van der Waals surface area contributed by atoms with E-state index >= 15 is 0 Å². The molecule has 2 aliphatic rings. The van der Waals surface area contributed by atoms with Gasteiger partial charge in [0, 0.05) is 27.5 Å². The monoisotopic (exact) mass is 554 g/mol. The van der Waals surface area contributed by atoms with Crippen molar-refractivity contribution in [1.82, 2.24) is 14.0 Å². The summed E-state index contributed by atoms with van der Waals surface area (Å²) >= 11 is 0. The first-order chi connectivity index (χ1) is 21.3. The van der Waals surface area contributed by atoms with E-state index in [1.54, 1.807) is 0 Å². The highest BCUT2D eigenvalue weighted by Gasteiger charge is 2.24. The van der Waals surface area contributed by atoms with Crippen LogP contribution in [0, 0.1) is 0 Å². The molecule has 206 valence electrons. The van der Waals surface area contributed by atoms with Crippen LogP contribution in [0.4, 0.5) is 0 Å². The van der Waals surface area contributed by atoms with Crippen LogP contribution in [-0.2, 0) is 19.4 Å². The van der Waals surface area contributed by atoms with Crippen LogP contribution in [-0.4, -0.2) is 20.7 Å². The Hall–Kier alpha value is -5.22. The van der Waals surface area contributed by atoms with Crippen molar-refractivity contribution in [3.05, 3.63) is 125 Å². The molecule has 0 atom stereocenters. The van der Waals surface area contributed by atoms with Crippen molar-refractivity contribution in [1.29, 1.82) is 0 Å². The molecule has 0 bridgehead atoms. The molecular weight excluding hydrogens is 524 g/mol. The summed E-state index contributed by atoms with van der Waals surface area (Å²) in [5.74, 6) is 0. The normalized spacial score (nSPS) is 14.1. The van der Waals surface area contributed by atoms with Crippen LogP contribution < -0.4 is 0 Å². The average Bonchev–Trinajstić information content (AvgIpc) is 3.62. The van der Waals surface area contributed by atoms with E-state index in [0.29, 0.717) is 6.54 Å². The standard InChI is InChI=1S/C39H30N4/c1-40-24-25-10-8-11-26(22-25)27-12-9-13-28(23-27)42-34-18-6-4-14-29(34)31-20-21-36-37(38(31)42)30-15-2-3-16-32(30)39-41-33-17-5-7-19-35(33)43(36)39/h2-3,6-13,15-16,18-23H,1,4-5,14,17,24H2. The van der Waals surface area contributed by atoms with Crippen molar-refractivity contribution in [2.24, 2.45) is 4.99 Å². The van der Waals surface area contributed by atoms with Crippen molar-refractivity contribution in [3.8, 4) is 16.8 Å². The molecule has 43 heavy (non-hydrogen) atoms. The van der Waals surface area contributed by atoms with Gasteiger partial charge in [-0.25, -0.2) is 4.98 Å². The zero-order valence-electron chi connectivity index (χ0n) is 23.9. The Bertz CT molecular complexity index is 2340. The number of pyridine rings is 1. The van der Waals surface area contributed by atoms with Gasteiger partial charge >= 0.3 is 0 Å². The molecule has 2 aliphatic carbocycles. The Morgan fingerprint density at radius 1 is 0.744 bits per heavy atom. The number of aryl methyl sites for hydroxylation is 2. The number of imidazole rings is 1. The Kier molecular flexibility index (Phi) is 5.33. The second-order valence-electron chi connectivity index (χ2n) is 11.7. The predicted octanol–water partition coefficient (Wildman–Crippen LogP) is 9.37. The largest absolute Gasteiger partial charge is 0.309 e. The summed E-state index contributed by atoms with van der Waals surface area (Å²) < 4.78 is 4.92. The maximum Gasteiger partial charge on any atom is 0.145 e. The molecule has 4 heteroatoms. The molecule has 0 fully saturated rings. The molecule has 4 nitrogen and oxygen atoms in total. The molecule has 7 aromatic rings. The minimum absolute atomic E-state index is 0.620. The van der Waals surface area contributed by atoms with Gasteiger partial charge in [-0.05, 0) is 96.5 Å². The Morgan fingerprint density at radius 2 is 1.53 bits per heavy atom. The van der Waals surface area contributed by atoms with Crippen molar-refractivity contribution in [2.75, 3.05) is 0 Å². The molecule has 9 rings (SSSR count). The van der Waals surface area contributed by atoms with Crippen LogP contribution in [0.15, 0.2) is 102 Å². The highest BCUT2D eigenvalue weighted by Crippen LogP contribution is 2.42. The van der Waals surface area contributed by atoms with E-state index in [1.165, 1.54) is 77.6 Å². The van der Waals surface area contributed by atoms with Crippen LogP contribution in [0.3, 0.4) is 0 Å². The lowest BCUT2D eigenvalue weighted by Crippen LogP contribution is -2.02. The molecule has 0 spiro atoms. The van der Waals surface area contributed by atoms with Crippen LogP contribution >= 0.6 is 0 Å². The molecule has 0 N–H and O–H groups in total. The minimum Gasteiger partial charge on any atom is -0.309 e. The third-order valence-electron chi connectivity index (χ3n) is 9.24. The summed E-state index contributed by atoms with van der Waals surface area (Å²) in [6.45, 7) is 4.31. The van der Waals surface area contributed by atoms with E-state index < -0.39 is 0 Å². The zero-order chi connectivity index (χ0) is 28.5. The van der Waals surface area contributed by atoms with Crippen LogP contribution in [0.25, 0.3) is 67.2 Å². The van der Waals surface area contributed by atoms with Crippen molar-refractivity contribution in [2.45, 2.75) is 32.2 Å². The summed E-state index contributed by atoms with van der Waals surface area (Å²) in [4.78, 5) is 9.31. The molecule has 3 aromatic heterocycles. The molecule has 0 unspecified atom stereocenters. The molecule has 0 radical (unpaired) electrons. The summed E-state index contributed by atoms with van der Waals surface area (Å²) in [6, 6.07) is 31.1. The van der Waals surface area contributed by atoms with Gasteiger partial charge in [-0.15, -0.1) is 0 Å². The van der Waals surface area contributed by atoms with E-state index in [-0.39, 0.29) is 0 Å². The van der Waals surface area contributed by atoms with E-state index in [2.05, 4.69) is 130 Å². The van der Waals surface area contributed by atoms with E-state index in [1.807, 2.05) is 0 Å². The predicted molar refractivity (Wildman–Crippen MR) is 180 cm³/mol. The second-order valence-corrected chi connectivity index (χ2v) is 11.7. The fourth-order valence-electron chi connectivity index (χ4n) is 7.40. The Morgan fingerprint density at radius 3 is 2.42 bits per heavy atom. The van der Waals surface area contributed by atoms with Crippen LogP contribution in [0.2, 0.25) is 0 Å². The maximum atomic E-state index is 5.21. The van der Waals surface area contributed by atoms with Gasteiger partial charge in [-0.3, -0.25) is 9.39 Å².